The number of anilines is 2. The van der Waals surface area contributed by atoms with Gasteiger partial charge in [0.2, 0.25) is 0 Å². The van der Waals surface area contributed by atoms with Crippen molar-refractivity contribution in [2.24, 2.45) is 0 Å². The highest BCUT2D eigenvalue weighted by Crippen LogP contribution is 2.41. The lowest BCUT2D eigenvalue weighted by Crippen LogP contribution is -2.47. The first kappa shape index (κ1) is 23.0. The molecule has 0 aliphatic carbocycles. The van der Waals surface area contributed by atoms with Crippen LogP contribution in [-0.4, -0.2) is 39.1 Å². The lowest BCUT2D eigenvalue weighted by atomic mass is 9.89. The maximum Gasteiger partial charge on any atom is 0.410 e. The summed E-state index contributed by atoms with van der Waals surface area (Å²) in [7, 11) is 0. The van der Waals surface area contributed by atoms with Crippen molar-refractivity contribution in [1.82, 2.24) is 14.9 Å². The average molecular weight is 499 g/mol. The van der Waals surface area contributed by atoms with Crippen LogP contribution in [0.4, 0.5) is 20.6 Å². The van der Waals surface area contributed by atoms with Gasteiger partial charge in [0.25, 0.3) is 0 Å². The van der Waals surface area contributed by atoms with Crippen molar-refractivity contribution in [2.75, 3.05) is 11.9 Å². The van der Waals surface area contributed by atoms with Crippen LogP contribution in [0.1, 0.15) is 51.3 Å². The van der Waals surface area contributed by atoms with Crippen LogP contribution in [0.5, 0.6) is 0 Å². The maximum absolute atomic E-state index is 14.9. The number of hydrogen-bond donors (Lipinski definition) is 1. The van der Waals surface area contributed by atoms with Crippen LogP contribution in [0, 0.1) is 5.82 Å². The smallest absolute Gasteiger partial charge is 0.410 e. The number of carbonyl (C=O) groups excluding carboxylic acids is 1. The molecule has 1 amide bonds. The molecule has 0 radical (unpaired) electrons. The number of halogens is 1. The van der Waals surface area contributed by atoms with E-state index in [9.17, 15) is 9.18 Å². The van der Waals surface area contributed by atoms with E-state index in [0.29, 0.717) is 12.2 Å². The Morgan fingerprint density at radius 1 is 1.26 bits per heavy atom. The summed E-state index contributed by atoms with van der Waals surface area (Å²) in [6, 6.07) is 7.85. The van der Waals surface area contributed by atoms with Crippen molar-refractivity contribution in [3.05, 3.63) is 46.7 Å². The van der Waals surface area contributed by atoms with Crippen molar-refractivity contribution in [3.8, 4) is 0 Å². The van der Waals surface area contributed by atoms with Crippen LogP contribution < -0.4 is 5.32 Å². The van der Waals surface area contributed by atoms with Gasteiger partial charge in [0.05, 0.1) is 27.6 Å². The first-order valence-electron chi connectivity index (χ1n) is 11.4. The highest BCUT2D eigenvalue weighted by molar-refractivity contribution is 7.18. The van der Waals surface area contributed by atoms with Gasteiger partial charge in [0.15, 0.2) is 5.82 Å². The van der Waals surface area contributed by atoms with E-state index in [2.05, 4.69) is 22.2 Å². The second kappa shape index (κ2) is 8.78. The number of likely N-dealkylation sites (tertiary alicyclic amines) is 1. The fourth-order valence-corrected chi connectivity index (χ4v) is 6.38. The topological polar surface area (TPSA) is 67.4 Å². The Labute approximate surface area is 205 Å². The maximum atomic E-state index is 14.9. The number of amides is 1. The van der Waals surface area contributed by atoms with Gasteiger partial charge in [-0.2, -0.15) is 0 Å². The second-order valence-corrected chi connectivity index (χ2v) is 11.6. The number of pyridine rings is 1. The summed E-state index contributed by atoms with van der Waals surface area (Å²) >= 11 is 3.14. The molecule has 2 unspecified atom stereocenters. The Kier molecular flexibility index (Phi) is 5.93. The molecule has 1 fully saturated rings. The largest absolute Gasteiger partial charge is 0.444 e. The Morgan fingerprint density at radius 2 is 2.09 bits per heavy atom. The highest BCUT2D eigenvalue weighted by atomic mass is 32.1. The van der Waals surface area contributed by atoms with Gasteiger partial charge in [-0.3, -0.25) is 0 Å². The number of aromatic nitrogens is 2. The van der Waals surface area contributed by atoms with Crippen LogP contribution in [0.2, 0.25) is 0 Å². The molecular weight excluding hydrogens is 471 g/mol. The van der Waals surface area contributed by atoms with E-state index in [1.807, 2.05) is 49.9 Å². The number of thiazole rings is 1. The van der Waals surface area contributed by atoms with E-state index in [-0.39, 0.29) is 18.1 Å². The molecule has 2 atom stereocenters. The van der Waals surface area contributed by atoms with Crippen LogP contribution in [0.15, 0.2) is 36.0 Å². The van der Waals surface area contributed by atoms with E-state index in [0.717, 1.165) is 43.8 Å². The summed E-state index contributed by atoms with van der Waals surface area (Å²) in [4.78, 5) is 25.2. The van der Waals surface area contributed by atoms with E-state index < -0.39 is 11.4 Å². The molecular formula is C25H27FN4O2S2. The quantitative estimate of drug-likeness (QED) is 0.321. The second-order valence-electron chi connectivity index (χ2n) is 9.67. The van der Waals surface area contributed by atoms with Crippen LogP contribution in [0.25, 0.3) is 20.4 Å². The predicted molar refractivity (Wildman–Crippen MR) is 137 cm³/mol. The first-order chi connectivity index (χ1) is 16.2. The first-order valence-corrected chi connectivity index (χ1v) is 13.1. The molecule has 0 saturated carbocycles. The molecule has 1 aromatic carbocycles. The fraction of sp³-hybridized carbons (Fsp3) is 0.400. The van der Waals surface area contributed by atoms with Gasteiger partial charge in [-0.25, -0.2) is 19.2 Å². The van der Waals surface area contributed by atoms with Crippen molar-refractivity contribution in [1.29, 1.82) is 0 Å². The van der Waals surface area contributed by atoms with Gasteiger partial charge in [0.1, 0.15) is 10.4 Å². The summed E-state index contributed by atoms with van der Waals surface area (Å²) in [5.41, 5.74) is 3.33. The predicted octanol–water partition coefficient (Wildman–Crippen LogP) is 7.29. The number of piperidine rings is 1. The van der Waals surface area contributed by atoms with Gasteiger partial charge in [-0.05, 0) is 64.8 Å². The Balaban J connectivity index is 1.45. The summed E-state index contributed by atoms with van der Waals surface area (Å²) < 4.78 is 21.6. The van der Waals surface area contributed by atoms with Gasteiger partial charge in [-0.15, -0.1) is 22.7 Å². The molecule has 1 aliphatic rings. The molecule has 34 heavy (non-hydrogen) atoms. The summed E-state index contributed by atoms with van der Waals surface area (Å²) in [6.07, 6.45) is 2.83. The SMILES string of the molecule is CC1C(c2cc3c(Nc4ccc5scnc5c4)c(F)cnc3s2)CCCN1C(=O)OC(C)(C)C. The number of fused-ring (bicyclic) bond motifs is 2. The molecule has 1 saturated heterocycles. The van der Waals surface area contributed by atoms with E-state index in [1.165, 1.54) is 6.20 Å². The molecule has 1 aliphatic heterocycles. The van der Waals surface area contributed by atoms with E-state index in [4.69, 9.17) is 4.74 Å². The van der Waals surface area contributed by atoms with Crippen LogP contribution >= 0.6 is 22.7 Å². The van der Waals surface area contributed by atoms with Gasteiger partial charge in [-0.1, -0.05) is 0 Å². The van der Waals surface area contributed by atoms with Crippen molar-refractivity contribution < 1.29 is 13.9 Å². The standard InChI is InChI=1S/C25H27FN4O2S2/c1-14-16(6-5-9-30(14)24(31)32-25(2,3)4)21-11-17-22(18(26)12-27-23(17)34-21)29-15-7-8-20-19(10-15)28-13-33-20/h7-8,10-14,16H,5-6,9H2,1-4H3,(H,27,29). The molecule has 1 N–H and O–H groups in total. The van der Waals surface area contributed by atoms with Gasteiger partial charge < -0.3 is 15.0 Å². The van der Waals surface area contributed by atoms with Gasteiger partial charge >= 0.3 is 6.09 Å². The number of benzene rings is 1. The molecule has 4 heterocycles. The molecule has 9 heteroatoms. The summed E-state index contributed by atoms with van der Waals surface area (Å²) in [5.74, 6) is -0.259. The number of nitrogens with one attached hydrogen (secondary N) is 1. The number of nitrogens with zero attached hydrogens (tertiary/aromatic N) is 3. The third-order valence-corrected chi connectivity index (χ3v) is 8.10. The summed E-state index contributed by atoms with van der Waals surface area (Å²) in [5, 5.41) is 4.00. The minimum atomic E-state index is -0.537. The zero-order valence-corrected chi connectivity index (χ0v) is 21.2. The van der Waals surface area contributed by atoms with Crippen molar-refractivity contribution in [3.63, 3.8) is 0 Å². The molecule has 0 bridgehead atoms. The molecule has 5 rings (SSSR count). The normalized spacial score (nSPS) is 19.0. The molecule has 4 aromatic rings. The average Bonchev–Trinajstić information content (AvgIpc) is 3.41. The van der Waals surface area contributed by atoms with Crippen LogP contribution in [0.3, 0.4) is 0 Å². The monoisotopic (exact) mass is 498 g/mol. The van der Waals surface area contributed by atoms with Crippen LogP contribution in [-0.2, 0) is 4.74 Å². The molecule has 6 nitrogen and oxygen atoms in total. The number of hydrogen-bond acceptors (Lipinski definition) is 7. The third-order valence-electron chi connectivity index (χ3n) is 6.12. The Morgan fingerprint density at radius 3 is 2.88 bits per heavy atom. The zero-order chi connectivity index (χ0) is 24.0. The highest BCUT2D eigenvalue weighted by Gasteiger charge is 2.35. The number of thiophene rings is 1. The lowest BCUT2D eigenvalue weighted by molar-refractivity contribution is 0.00911. The molecule has 0 spiro atoms. The summed E-state index contributed by atoms with van der Waals surface area (Å²) in [6.45, 7) is 8.38. The number of ether oxygens (including phenoxy) is 1. The lowest BCUT2D eigenvalue weighted by Gasteiger charge is -2.39. The minimum Gasteiger partial charge on any atom is -0.444 e. The Hall–Kier alpha value is -2.78. The van der Waals surface area contributed by atoms with E-state index >= 15 is 0 Å². The zero-order valence-electron chi connectivity index (χ0n) is 19.6. The van der Waals surface area contributed by atoms with E-state index in [1.54, 1.807) is 28.2 Å². The minimum absolute atomic E-state index is 0.0232. The van der Waals surface area contributed by atoms with Gasteiger partial charge in [0, 0.05) is 34.5 Å². The third kappa shape index (κ3) is 4.46. The fourth-order valence-electron chi connectivity index (χ4n) is 4.47. The number of carbonyl (C=O) groups is 1. The molecule has 178 valence electrons. The number of rotatable bonds is 3. The molecule has 3 aromatic heterocycles. The van der Waals surface area contributed by atoms with Crippen molar-refractivity contribution in [2.45, 2.75) is 58.1 Å². The Bertz CT molecular complexity index is 1360. The van der Waals surface area contributed by atoms with Crippen molar-refractivity contribution >= 4 is 60.6 Å².